The van der Waals surface area contributed by atoms with Gasteiger partial charge < -0.3 is 4.74 Å². The molecule has 0 unspecified atom stereocenters. The number of hydrogen-bond acceptors (Lipinski definition) is 4. The molecule has 0 radical (unpaired) electrons. The minimum atomic E-state index is -0.358. The van der Waals surface area contributed by atoms with Gasteiger partial charge in [-0.25, -0.2) is 14.5 Å². The monoisotopic (exact) mass is 257 g/mol. The lowest BCUT2D eigenvalue weighted by molar-refractivity contribution is 0.0423. The van der Waals surface area contributed by atoms with E-state index in [1.165, 1.54) is 6.33 Å². The summed E-state index contributed by atoms with van der Waals surface area (Å²) in [7, 11) is 0. The van der Waals surface area contributed by atoms with E-state index >= 15 is 0 Å². The van der Waals surface area contributed by atoms with Gasteiger partial charge in [-0.1, -0.05) is 30.9 Å². The molecule has 0 bridgehead atoms. The first-order valence-corrected chi connectivity index (χ1v) is 5.94. The molecule has 0 spiro atoms. The summed E-state index contributed by atoms with van der Waals surface area (Å²) < 4.78 is 6.90. The van der Waals surface area contributed by atoms with Crippen molar-refractivity contribution in [3.05, 3.63) is 60.7 Å². The SMILES string of the molecule is C=C[C@@H](C)OC(=O)c1ccccc1Cn1cncn1. The molecule has 5 nitrogen and oxygen atoms in total. The predicted molar refractivity (Wildman–Crippen MR) is 70.6 cm³/mol. The van der Waals surface area contributed by atoms with Gasteiger partial charge in [0.25, 0.3) is 0 Å². The van der Waals surface area contributed by atoms with E-state index < -0.39 is 0 Å². The highest BCUT2D eigenvalue weighted by Gasteiger charge is 2.14. The molecule has 0 saturated carbocycles. The van der Waals surface area contributed by atoms with E-state index in [1.54, 1.807) is 36.1 Å². The molecule has 98 valence electrons. The zero-order chi connectivity index (χ0) is 13.7. The van der Waals surface area contributed by atoms with Gasteiger partial charge >= 0.3 is 5.97 Å². The van der Waals surface area contributed by atoms with Crippen LogP contribution in [0, 0.1) is 0 Å². The molecule has 2 aromatic rings. The highest BCUT2D eigenvalue weighted by molar-refractivity contribution is 5.91. The standard InChI is InChI=1S/C14H15N3O2/c1-3-11(2)19-14(18)13-7-5-4-6-12(13)8-17-10-15-9-16-17/h3-7,9-11H,1,8H2,2H3/t11-/m1/s1. The van der Waals surface area contributed by atoms with Crippen molar-refractivity contribution in [3.63, 3.8) is 0 Å². The van der Waals surface area contributed by atoms with Crippen molar-refractivity contribution >= 4 is 5.97 Å². The van der Waals surface area contributed by atoms with Crippen molar-refractivity contribution < 1.29 is 9.53 Å². The van der Waals surface area contributed by atoms with Crippen LogP contribution >= 0.6 is 0 Å². The first-order valence-electron chi connectivity index (χ1n) is 5.94. The molecule has 0 aliphatic rings. The fourth-order valence-electron chi connectivity index (χ4n) is 1.63. The number of benzene rings is 1. The second-order valence-corrected chi connectivity index (χ2v) is 4.10. The van der Waals surface area contributed by atoms with Crippen LogP contribution in [0.3, 0.4) is 0 Å². The number of ether oxygens (including phenoxy) is 1. The average Bonchev–Trinajstić information content (AvgIpc) is 2.92. The lowest BCUT2D eigenvalue weighted by Gasteiger charge is -2.12. The largest absolute Gasteiger partial charge is 0.455 e. The van der Waals surface area contributed by atoms with E-state index in [2.05, 4.69) is 16.7 Å². The first kappa shape index (κ1) is 13.0. The summed E-state index contributed by atoms with van der Waals surface area (Å²) in [4.78, 5) is 15.9. The van der Waals surface area contributed by atoms with Crippen LogP contribution < -0.4 is 0 Å². The molecule has 1 aromatic heterocycles. The predicted octanol–water partition coefficient (Wildman–Crippen LogP) is 2.06. The Hall–Kier alpha value is -2.43. The summed E-state index contributed by atoms with van der Waals surface area (Å²) >= 11 is 0. The molecule has 1 aromatic carbocycles. The lowest BCUT2D eigenvalue weighted by Crippen LogP contribution is -2.15. The Morgan fingerprint density at radius 1 is 1.53 bits per heavy atom. The summed E-state index contributed by atoms with van der Waals surface area (Å²) in [6.07, 6.45) is 4.33. The maximum atomic E-state index is 12.0. The van der Waals surface area contributed by atoms with Crippen molar-refractivity contribution in [1.82, 2.24) is 14.8 Å². The van der Waals surface area contributed by atoms with Gasteiger partial charge in [-0.2, -0.15) is 5.10 Å². The number of nitrogens with zero attached hydrogens (tertiary/aromatic N) is 3. The molecule has 0 saturated heterocycles. The molecular weight excluding hydrogens is 242 g/mol. The van der Waals surface area contributed by atoms with E-state index in [0.717, 1.165) is 5.56 Å². The summed E-state index contributed by atoms with van der Waals surface area (Å²) in [5, 5.41) is 4.03. The zero-order valence-corrected chi connectivity index (χ0v) is 10.7. The fraction of sp³-hybridized carbons (Fsp3) is 0.214. The lowest BCUT2D eigenvalue weighted by atomic mass is 10.1. The van der Waals surface area contributed by atoms with Crippen LogP contribution in [0.25, 0.3) is 0 Å². The highest BCUT2D eigenvalue weighted by Crippen LogP contribution is 2.12. The zero-order valence-electron chi connectivity index (χ0n) is 10.7. The molecule has 0 amide bonds. The van der Waals surface area contributed by atoms with E-state index in [9.17, 15) is 4.79 Å². The number of hydrogen-bond donors (Lipinski definition) is 0. The van der Waals surface area contributed by atoms with E-state index in [1.807, 2.05) is 12.1 Å². The molecule has 19 heavy (non-hydrogen) atoms. The molecule has 1 atom stereocenters. The third kappa shape index (κ3) is 3.28. The molecule has 0 aliphatic carbocycles. The topological polar surface area (TPSA) is 57.0 Å². The van der Waals surface area contributed by atoms with Crippen LogP contribution in [0.5, 0.6) is 0 Å². The Labute approximate surface area is 111 Å². The molecule has 2 rings (SSSR count). The minimum Gasteiger partial charge on any atom is -0.455 e. The highest BCUT2D eigenvalue weighted by atomic mass is 16.5. The quantitative estimate of drug-likeness (QED) is 0.607. The number of aromatic nitrogens is 3. The third-order valence-electron chi connectivity index (χ3n) is 2.66. The van der Waals surface area contributed by atoms with Crippen LogP contribution in [-0.4, -0.2) is 26.8 Å². The van der Waals surface area contributed by atoms with Gasteiger partial charge in [0.05, 0.1) is 12.1 Å². The van der Waals surface area contributed by atoms with Gasteiger partial charge in [-0.15, -0.1) is 0 Å². The number of rotatable bonds is 5. The maximum Gasteiger partial charge on any atom is 0.339 e. The summed E-state index contributed by atoms with van der Waals surface area (Å²) in [6.45, 7) is 5.84. The van der Waals surface area contributed by atoms with Crippen LogP contribution in [0.4, 0.5) is 0 Å². The maximum absolute atomic E-state index is 12.0. The van der Waals surface area contributed by atoms with Gasteiger partial charge in [0, 0.05) is 0 Å². The van der Waals surface area contributed by atoms with Crippen molar-refractivity contribution in [1.29, 1.82) is 0 Å². The van der Waals surface area contributed by atoms with Gasteiger partial charge in [0.2, 0.25) is 0 Å². The number of carbonyl (C=O) groups excluding carboxylic acids is 1. The van der Waals surface area contributed by atoms with Crippen LogP contribution in [0.15, 0.2) is 49.6 Å². The smallest absolute Gasteiger partial charge is 0.339 e. The van der Waals surface area contributed by atoms with E-state index in [4.69, 9.17) is 4.74 Å². The van der Waals surface area contributed by atoms with Crippen LogP contribution in [0.2, 0.25) is 0 Å². The van der Waals surface area contributed by atoms with Crippen molar-refractivity contribution in [2.75, 3.05) is 0 Å². The summed E-state index contributed by atoms with van der Waals surface area (Å²) in [5.41, 5.74) is 1.38. The Morgan fingerprint density at radius 2 is 2.32 bits per heavy atom. The average molecular weight is 257 g/mol. The molecule has 1 heterocycles. The Balaban J connectivity index is 2.20. The molecule has 0 fully saturated rings. The molecule has 5 heteroatoms. The van der Waals surface area contributed by atoms with Gasteiger partial charge in [0.1, 0.15) is 18.8 Å². The summed E-state index contributed by atoms with van der Waals surface area (Å²) in [5.74, 6) is -0.358. The third-order valence-corrected chi connectivity index (χ3v) is 2.66. The first-order chi connectivity index (χ1) is 9.20. The van der Waals surface area contributed by atoms with E-state index in [0.29, 0.717) is 12.1 Å². The number of esters is 1. The van der Waals surface area contributed by atoms with Gasteiger partial charge in [-0.05, 0) is 18.6 Å². The molecule has 0 aliphatic heterocycles. The van der Waals surface area contributed by atoms with Gasteiger partial charge in [0.15, 0.2) is 0 Å². The van der Waals surface area contributed by atoms with Crippen molar-refractivity contribution in [3.8, 4) is 0 Å². The Bertz CT molecular complexity index is 564. The fourth-order valence-corrected chi connectivity index (χ4v) is 1.63. The van der Waals surface area contributed by atoms with Gasteiger partial charge in [-0.3, -0.25) is 0 Å². The normalized spacial score (nSPS) is 11.8. The second kappa shape index (κ2) is 5.95. The van der Waals surface area contributed by atoms with Crippen molar-refractivity contribution in [2.45, 2.75) is 19.6 Å². The second-order valence-electron chi connectivity index (χ2n) is 4.10. The minimum absolute atomic E-state index is 0.313. The van der Waals surface area contributed by atoms with Crippen LogP contribution in [0.1, 0.15) is 22.8 Å². The Kier molecular flexibility index (Phi) is 4.07. The Morgan fingerprint density at radius 3 is 3.00 bits per heavy atom. The molecule has 0 N–H and O–H groups in total. The van der Waals surface area contributed by atoms with Crippen LogP contribution in [-0.2, 0) is 11.3 Å². The van der Waals surface area contributed by atoms with E-state index in [-0.39, 0.29) is 12.1 Å². The molecular formula is C14H15N3O2. The van der Waals surface area contributed by atoms with Crippen molar-refractivity contribution in [2.24, 2.45) is 0 Å². The summed E-state index contributed by atoms with van der Waals surface area (Å²) in [6, 6.07) is 7.29. The number of carbonyl (C=O) groups is 1.